The lowest BCUT2D eigenvalue weighted by molar-refractivity contribution is 0.0994. The third kappa shape index (κ3) is 2.77. The number of carbonyl (C=O) groups is 1. The van der Waals surface area contributed by atoms with Crippen LogP contribution >= 0.6 is 0 Å². The van der Waals surface area contributed by atoms with Gasteiger partial charge in [-0.05, 0) is 41.8 Å². The average molecular weight is 298 g/mol. The highest BCUT2D eigenvalue weighted by Crippen LogP contribution is 2.35. The van der Waals surface area contributed by atoms with Gasteiger partial charge in [-0.3, -0.25) is 4.79 Å². The molecule has 0 spiro atoms. The topological polar surface area (TPSA) is 44.8 Å². The number of carbonyl (C=O) groups excluding carboxylic acids is 1. The molecule has 0 unspecified atom stereocenters. The summed E-state index contributed by atoms with van der Waals surface area (Å²) < 4.78 is 16.4. The molecular weight excluding hydrogens is 280 g/mol. The Morgan fingerprint density at radius 1 is 0.955 bits per heavy atom. The van der Waals surface area contributed by atoms with Crippen LogP contribution in [0.25, 0.3) is 0 Å². The molecule has 0 saturated carbocycles. The van der Waals surface area contributed by atoms with Crippen LogP contribution in [0.2, 0.25) is 0 Å². The average Bonchev–Trinajstić information content (AvgIpc) is 2.92. The minimum Gasteiger partial charge on any atom is -0.497 e. The molecule has 2 aromatic rings. The molecular formula is C18H18O4. The third-order valence-corrected chi connectivity index (χ3v) is 3.86. The Balaban J connectivity index is 1.78. The van der Waals surface area contributed by atoms with Crippen molar-refractivity contribution in [1.82, 2.24) is 0 Å². The molecule has 0 bridgehead atoms. The highest BCUT2D eigenvalue weighted by Gasteiger charge is 2.22. The maximum absolute atomic E-state index is 11.8. The first-order valence-corrected chi connectivity index (χ1v) is 7.21. The van der Waals surface area contributed by atoms with E-state index in [9.17, 15) is 4.79 Å². The second kappa shape index (κ2) is 6.10. The highest BCUT2D eigenvalue weighted by atomic mass is 16.5. The van der Waals surface area contributed by atoms with E-state index < -0.39 is 0 Å². The number of rotatable bonds is 5. The maximum atomic E-state index is 11.8. The quantitative estimate of drug-likeness (QED) is 0.848. The molecule has 0 N–H and O–H groups in total. The highest BCUT2D eigenvalue weighted by molar-refractivity contribution is 6.01. The zero-order valence-electron chi connectivity index (χ0n) is 12.7. The van der Waals surface area contributed by atoms with Gasteiger partial charge in [0.25, 0.3) is 0 Å². The summed E-state index contributed by atoms with van der Waals surface area (Å²) in [5.74, 6) is 2.27. The van der Waals surface area contributed by atoms with E-state index in [2.05, 4.69) is 0 Å². The molecule has 0 aliphatic heterocycles. The largest absolute Gasteiger partial charge is 0.497 e. The van der Waals surface area contributed by atoms with Crippen molar-refractivity contribution in [2.24, 2.45) is 0 Å². The monoisotopic (exact) mass is 298 g/mol. The number of ketones is 1. The number of methoxy groups -OCH3 is 2. The van der Waals surface area contributed by atoms with Gasteiger partial charge < -0.3 is 14.2 Å². The SMILES string of the molecule is COc1ccc(COc2cc3c(cc2OC)C(=O)CC3)cc1. The van der Waals surface area contributed by atoms with Gasteiger partial charge in [-0.1, -0.05) is 12.1 Å². The second-order valence-corrected chi connectivity index (χ2v) is 5.22. The van der Waals surface area contributed by atoms with Crippen molar-refractivity contribution in [2.75, 3.05) is 14.2 Å². The normalized spacial score (nSPS) is 12.9. The van der Waals surface area contributed by atoms with Gasteiger partial charge in [0.1, 0.15) is 12.4 Å². The van der Waals surface area contributed by atoms with Gasteiger partial charge in [0.15, 0.2) is 17.3 Å². The Hall–Kier alpha value is -2.49. The van der Waals surface area contributed by atoms with E-state index in [1.54, 1.807) is 20.3 Å². The van der Waals surface area contributed by atoms with Crippen LogP contribution in [-0.4, -0.2) is 20.0 Å². The molecule has 1 aliphatic rings. The van der Waals surface area contributed by atoms with Gasteiger partial charge >= 0.3 is 0 Å². The van der Waals surface area contributed by atoms with E-state index in [0.717, 1.165) is 28.9 Å². The van der Waals surface area contributed by atoms with Crippen molar-refractivity contribution >= 4 is 5.78 Å². The summed E-state index contributed by atoms with van der Waals surface area (Å²) in [7, 11) is 3.23. The summed E-state index contributed by atoms with van der Waals surface area (Å²) in [6.45, 7) is 0.438. The van der Waals surface area contributed by atoms with Crippen molar-refractivity contribution in [3.8, 4) is 17.2 Å². The minimum absolute atomic E-state index is 0.176. The van der Waals surface area contributed by atoms with Crippen molar-refractivity contribution in [2.45, 2.75) is 19.4 Å². The lowest BCUT2D eigenvalue weighted by Crippen LogP contribution is -2.00. The first kappa shape index (κ1) is 14.4. The Morgan fingerprint density at radius 3 is 2.41 bits per heavy atom. The number of ether oxygens (including phenoxy) is 3. The standard InChI is InChI=1S/C18H18O4/c1-20-14-6-3-12(4-7-14)11-22-18-9-13-5-8-16(19)15(13)10-17(18)21-2/h3-4,6-7,9-10H,5,8,11H2,1-2H3. The number of Topliss-reactive ketones (excluding diaryl/α,β-unsaturated/α-hetero) is 1. The van der Waals surface area contributed by atoms with E-state index >= 15 is 0 Å². The van der Waals surface area contributed by atoms with Crippen molar-refractivity contribution in [3.05, 3.63) is 53.1 Å². The molecule has 3 rings (SSSR count). The predicted octanol–water partition coefficient (Wildman–Crippen LogP) is 3.41. The molecule has 22 heavy (non-hydrogen) atoms. The van der Waals surface area contributed by atoms with Crippen LogP contribution < -0.4 is 14.2 Å². The van der Waals surface area contributed by atoms with Gasteiger partial charge in [0.05, 0.1) is 14.2 Å². The molecule has 0 atom stereocenters. The summed E-state index contributed by atoms with van der Waals surface area (Å²) in [6.07, 6.45) is 1.34. The lowest BCUT2D eigenvalue weighted by Gasteiger charge is -2.13. The van der Waals surface area contributed by atoms with E-state index in [0.29, 0.717) is 24.5 Å². The van der Waals surface area contributed by atoms with Gasteiger partial charge in [-0.25, -0.2) is 0 Å². The Bertz CT molecular complexity index is 689. The molecule has 0 heterocycles. The molecule has 0 aromatic heterocycles. The number of benzene rings is 2. The van der Waals surface area contributed by atoms with Crippen molar-refractivity contribution < 1.29 is 19.0 Å². The van der Waals surface area contributed by atoms with Crippen LogP contribution in [0.4, 0.5) is 0 Å². The van der Waals surface area contributed by atoms with E-state index in [-0.39, 0.29) is 5.78 Å². The maximum Gasteiger partial charge on any atom is 0.163 e. The zero-order valence-corrected chi connectivity index (χ0v) is 12.7. The van der Waals surface area contributed by atoms with E-state index in [1.807, 2.05) is 30.3 Å². The minimum atomic E-state index is 0.176. The van der Waals surface area contributed by atoms with Crippen LogP contribution in [-0.2, 0) is 13.0 Å². The Morgan fingerprint density at radius 2 is 1.73 bits per heavy atom. The number of hydrogen-bond donors (Lipinski definition) is 0. The molecule has 0 fully saturated rings. The Labute approximate surface area is 129 Å². The first-order valence-electron chi connectivity index (χ1n) is 7.21. The number of aryl methyl sites for hydroxylation is 1. The Kier molecular flexibility index (Phi) is 4.00. The van der Waals surface area contributed by atoms with Crippen LogP contribution in [0.1, 0.15) is 27.9 Å². The fourth-order valence-corrected chi connectivity index (χ4v) is 2.61. The number of hydrogen-bond acceptors (Lipinski definition) is 4. The second-order valence-electron chi connectivity index (χ2n) is 5.22. The summed E-state index contributed by atoms with van der Waals surface area (Å²) in [5, 5.41) is 0. The molecule has 0 saturated heterocycles. The summed E-state index contributed by atoms with van der Waals surface area (Å²) in [5.41, 5.74) is 2.84. The zero-order chi connectivity index (χ0) is 15.5. The van der Waals surface area contributed by atoms with Crippen LogP contribution in [0, 0.1) is 0 Å². The lowest BCUT2D eigenvalue weighted by atomic mass is 10.1. The van der Waals surface area contributed by atoms with Gasteiger partial charge in [-0.15, -0.1) is 0 Å². The third-order valence-electron chi connectivity index (χ3n) is 3.86. The van der Waals surface area contributed by atoms with E-state index in [4.69, 9.17) is 14.2 Å². The van der Waals surface area contributed by atoms with Gasteiger partial charge in [-0.2, -0.15) is 0 Å². The molecule has 1 aliphatic carbocycles. The van der Waals surface area contributed by atoms with Gasteiger partial charge in [0, 0.05) is 12.0 Å². The molecule has 2 aromatic carbocycles. The van der Waals surface area contributed by atoms with Crippen LogP contribution in [0.5, 0.6) is 17.2 Å². The molecule has 4 nitrogen and oxygen atoms in total. The first-order chi connectivity index (χ1) is 10.7. The molecule has 4 heteroatoms. The fourth-order valence-electron chi connectivity index (χ4n) is 2.61. The van der Waals surface area contributed by atoms with Crippen molar-refractivity contribution in [1.29, 1.82) is 0 Å². The van der Waals surface area contributed by atoms with Crippen LogP contribution in [0.3, 0.4) is 0 Å². The molecule has 0 radical (unpaired) electrons. The summed E-state index contributed by atoms with van der Waals surface area (Å²) in [6, 6.07) is 11.4. The van der Waals surface area contributed by atoms with Crippen LogP contribution in [0.15, 0.2) is 36.4 Å². The predicted molar refractivity (Wildman–Crippen MR) is 83.0 cm³/mol. The van der Waals surface area contributed by atoms with Crippen molar-refractivity contribution in [3.63, 3.8) is 0 Å². The fraction of sp³-hybridized carbons (Fsp3) is 0.278. The van der Waals surface area contributed by atoms with Gasteiger partial charge in [0.2, 0.25) is 0 Å². The number of fused-ring (bicyclic) bond motifs is 1. The summed E-state index contributed by atoms with van der Waals surface area (Å²) >= 11 is 0. The summed E-state index contributed by atoms with van der Waals surface area (Å²) in [4.78, 5) is 11.8. The molecule has 0 amide bonds. The smallest absolute Gasteiger partial charge is 0.163 e. The van der Waals surface area contributed by atoms with E-state index in [1.165, 1.54) is 0 Å². The molecule has 114 valence electrons.